The van der Waals surface area contributed by atoms with E-state index in [4.69, 9.17) is 4.74 Å². The van der Waals surface area contributed by atoms with E-state index in [9.17, 15) is 9.50 Å². The van der Waals surface area contributed by atoms with Gasteiger partial charge in [-0.1, -0.05) is 32.0 Å². The molecule has 0 aliphatic heterocycles. The molecule has 2 aromatic rings. The maximum atomic E-state index is 13.9. The van der Waals surface area contributed by atoms with Crippen molar-refractivity contribution in [2.45, 2.75) is 32.8 Å². The number of hydrogen-bond donors (Lipinski definition) is 1. The molecule has 0 heterocycles. The third-order valence-electron chi connectivity index (χ3n) is 3.19. The standard InChI is InChI=1S/C17H19FO2/c1-11(2)13-5-4-6-15(9-13)20-17-8-7-14(12(3)19)10-16(17)18/h4-12,19H,1-3H3/t12-/m1/s1. The van der Waals surface area contributed by atoms with Gasteiger partial charge in [-0.25, -0.2) is 4.39 Å². The van der Waals surface area contributed by atoms with Crippen LogP contribution in [0, 0.1) is 5.82 Å². The molecule has 0 bridgehead atoms. The van der Waals surface area contributed by atoms with Gasteiger partial charge >= 0.3 is 0 Å². The lowest BCUT2D eigenvalue weighted by molar-refractivity contribution is 0.198. The second-order valence-electron chi connectivity index (χ2n) is 5.20. The monoisotopic (exact) mass is 274 g/mol. The Labute approximate surface area is 118 Å². The van der Waals surface area contributed by atoms with Gasteiger partial charge in [0, 0.05) is 0 Å². The summed E-state index contributed by atoms with van der Waals surface area (Å²) in [7, 11) is 0. The Morgan fingerprint density at radius 2 is 1.75 bits per heavy atom. The summed E-state index contributed by atoms with van der Waals surface area (Å²) in [6.07, 6.45) is -0.692. The van der Waals surface area contributed by atoms with Crippen LogP contribution in [0.2, 0.25) is 0 Å². The van der Waals surface area contributed by atoms with E-state index < -0.39 is 11.9 Å². The number of benzene rings is 2. The van der Waals surface area contributed by atoms with E-state index in [1.54, 1.807) is 25.1 Å². The molecule has 0 saturated carbocycles. The topological polar surface area (TPSA) is 29.5 Å². The fourth-order valence-electron chi connectivity index (χ4n) is 1.92. The highest BCUT2D eigenvalue weighted by Gasteiger charge is 2.09. The van der Waals surface area contributed by atoms with E-state index in [2.05, 4.69) is 13.8 Å². The van der Waals surface area contributed by atoms with E-state index >= 15 is 0 Å². The molecule has 3 heteroatoms. The molecule has 0 aliphatic rings. The van der Waals surface area contributed by atoms with Crippen molar-refractivity contribution in [3.63, 3.8) is 0 Å². The maximum Gasteiger partial charge on any atom is 0.166 e. The van der Waals surface area contributed by atoms with Gasteiger partial charge in [0.2, 0.25) is 0 Å². The molecule has 2 nitrogen and oxygen atoms in total. The lowest BCUT2D eigenvalue weighted by atomic mass is 10.0. The molecule has 106 valence electrons. The van der Waals surface area contributed by atoms with Gasteiger partial charge in [0.25, 0.3) is 0 Å². The number of ether oxygens (including phenoxy) is 1. The molecule has 0 amide bonds. The lowest BCUT2D eigenvalue weighted by Crippen LogP contribution is -1.95. The largest absolute Gasteiger partial charge is 0.454 e. The molecule has 2 rings (SSSR count). The van der Waals surface area contributed by atoms with Crippen LogP contribution in [0.5, 0.6) is 11.5 Å². The van der Waals surface area contributed by atoms with Gasteiger partial charge in [-0.3, -0.25) is 0 Å². The smallest absolute Gasteiger partial charge is 0.166 e. The van der Waals surface area contributed by atoms with Gasteiger partial charge in [-0.05, 0) is 48.2 Å². The zero-order valence-corrected chi connectivity index (χ0v) is 11.9. The second-order valence-corrected chi connectivity index (χ2v) is 5.20. The average Bonchev–Trinajstić information content (AvgIpc) is 2.41. The lowest BCUT2D eigenvalue weighted by Gasteiger charge is -2.11. The highest BCUT2D eigenvalue weighted by Crippen LogP contribution is 2.28. The quantitative estimate of drug-likeness (QED) is 0.868. The van der Waals surface area contributed by atoms with Gasteiger partial charge < -0.3 is 9.84 Å². The number of aliphatic hydroxyl groups is 1. The average molecular weight is 274 g/mol. The first-order valence-corrected chi connectivity index (χ1v) is 6.72. The Morgan fingerprint density at radius 1 is 1.00 bits per heavy atom. The van der Waals surface area contributed by atoms with Gasteiger partial charge in [-0.15, -0.1) is 0 Å². The summed E-state index contributed by atoms with van der Waals surface area (Å²) in [4.78, 5) is 0. The Hall–Kier alpha value is -1.87. The van der Waals surface area contributed by atoms with E-state index in [1.807, 2.05) is 18.2 Å². The van der Waals surface area contributed by atoms with Crippen molar-refractivity contribution >= 4 is 0 Å². The molecule has 0 fully saturated rings. The Morgan fingerprint density at radius 3 is 2.35 bits per heavy atom. The van der Waals surface area contributed by atoms with Crippen molar-refractivity contribution in [3.8, 4) is 11.5 Å². The summed E-state index contributed by atoms with van der Waals surface area (Å²) in [5.41, 5.74) is 1.68. The number of halogens is 1. The summed E-state index contributed by atoms with van der Waals surface area (Å²) in [5, 5.41) is 9.42. The van der Waals surface area contributed by atoms with Gasteiger partial charge in [0.1, 0.15) is 5.75 Å². The van der Waals surface area contributed by atoms with Gasteiger partial charge in [-0.2, -0.15) is 0 Å². The molecule has 0 spiro atoms. The Kier molecular flexibility index (Phi) is 4.40. The maximum absolute atomic E-state index is 13.9. The second kappa shape index (κ2) is 6.06. The van der Waals surface area contributed by atoms with E-state index in [1.165, 1.54) is 6.07 Å². The highest BCUT2D eigenvalue weighted by molar-refractivity contribution is 5.37. The first-order valence-electron chi connectivity index (χ1n) is 6.72. The molecule has 0 aromatic heterocycles. The first-order chi connectivity index (χ1) is 9.47. The SMILES string of the molecule is CC(C)c1cccc(Oc2ccc([C@@H](C)O)cc2F)c1. The minimum Gasteiger partial charge on any atom is -0.454 e. The predicted octanol–water partition coefficient (Wildman–Crippen LogP) is 4.79. The zero-order chi connectivity index (χ0) is 14.7. The normalized spacial score (nSPS) is 12.5. The first kappa shape index (κ1) is 14.5. The molecule has 0 radical (unpaired) electrons. The van der Waals surface area contributed by atoms with Crippen molar-refractivity contribution < 1.29 is 14.2 Å². The minimum absolute atomic E-state index is 0.162. The minimum atomic E-state index is -0.692. The fourth-order valence-corrected chi connectivity index (χ4v) is 1.92. The molecule has 2 aromatic carbocycles. The van der Waals surface area contributed by atoms with Gasteiger partial charge in [0.15, 0.2) is 11.6 Å². The van der Waals surface area contributed by atoms with E-state index in [0.29, 0.717) is 17.2 Å². The number of aliphatic hydroxyl groups excluding tert-OH is 1. The Balaban J connectivity index is 2.24. The third-order valence-corrected chi connectivity index (χ3v) is 3.19. The van der Waals surface area contributed by atoms with Crippen LogP contribution < -0.4 is 4.74 Å². The van der Waals surface area contributed by atoms with Crippen LogP contribution in [0.25, 0.3) is 0 Å². The summed E-state index contributed by atoms with van der Waals surface area (Å²) in [6, 6.07) is 12.1. The van der Waals surface area contributed by atoms with Crippen LogP contribution in [0.3, 0.4) is 0 Å². The van der Waals surface area contributed by atoms with Crippen LogP contribution in [0.15, 0.2) is 42.5 Å². The van der Waals surface area contributed by atoms with E-state index in [-0.39, 0.29) is 5.75 Å². The fraction of sp³-hybridized carbons (Fsp3) is 0.294. The zero-order valence-electron chi connectivity index (χ0n) is 11.9. The number of rotatable bonds is 4. The molecule has 0 aliphatic carbocycles. The van der Waals surface area contributed by atoms with Crippen molar-refractivity contribution in [2.75, 3.05) is 0 Å². The summed E-state index contributed by atoms with van der Waals surface area (Å²) < 4.78 is 19.5. The van der Waals surface area contributed by atoms with Crippen molar-refractivity contribution in [2.24, 2.45) is 0 Å². The molecule has 20 heavy (non-hydrogen) atoms. The van der Waals surface area contributed by atoms with Gasteiger partial charge in [0.05, 0.1) is 6.10 Å². The van der Waals surface area contributed by atoms with Crippen LogP contribution in [-0.4, -0.2) is 5.11 Å². The van der Waals surface area contributed by atoms with Crippen LogP contribution in [0.1, 0.15) is 43.9 Å². The summed E-state index contributed by atoms with van der Waals surface area (Å²) in [5.74, 6) is 0.689. The molecule has 0 saturated heterocycles. The van der Waals surface area contributed by atoms with Crippen molar-refractivity contribution in [1.29, 1.82) is 0 Å². The predicted molar refractivity (Wildman–Crippen MR) is 77.6 cm³/mol. The Bertz CT molecular complexity index is 591. The third kappa shape index (κ3) is 3.36. The van der Waals surface area contributed by atoms with Crippen molar-refractivity contribution in [3.05, 3.63) is 59.4 Å². The van der Waals surface area contributed by atoms with Crippen molar-refractivity contribution in [1.82, 2.24) is 0 Å². The van der Waals surface area contributed by atoms with Crippen LogP contribution in [-0.2, 0) is 0 Å². The molecule has 1 N–H and O–H groups in total. The summed E-state index contributed by atoms with van der Waals surface area (Å²) >= 11 is 0. The summed E-state index contributed by atoms with van der Waals surface area (Å²) in [6.45, 7) is 5.79. The van der Waals surface area contributed by atoms with Crippen LogP contribution in [0.4, 0.5) is 4.39 Å². The number of hydrogen-bond acceptors (Lipinski definition) is 2. The molecule has 1 atom stereocenters. The molecular weight excluding hydrogens is 255 g/mol. The molecular formula is C17H19FO2. The highest BCUT2D eigenvalue weighted by atomic mass is 19.1. The van der Waals surface area contributed by atoms with Crippen LogP contribution >= 0.6 is 0 Å². The van der Waals surface area contributed by atoms with E-state index in [0.717, 1.165) is 5.56 Å². The molecule has 0 unspecified atom stereocenters.